The van der Waals surface area contributed by atoms with Gasteiger partial charge in [-0.1, -0.05) is 18.7 Å². The Morgan fingerprint density at radius 2 is 1.94 bits per heavy atom. The molecule has 0 aromatic carbocycles. The van der Waals surface area contributed by atoms with Crippen LogP contribution in [-0.2, 0) is 20.6 Å². The van der Waals surface area contributed by atoms with Crippen molar-refractivity contribution in [2.24, 2.45) is 20.0 Å². The summed E-state index contributed by atoms with van der Waals surface area (Å²) in [5, 5.41) is 9.26. The largest absolute Gasteiger partial charge is 0.467 e. The Morgan fingerprint density at radius 3 is 2.61 bits per heavy atom. The molecule has 1 fully saturated rings. The monoisotopic (exact) mass is 473 g/mol. The summed E-state index contributed by atoms with van der Waals surface area (Å²) >= 11 is 1.17. The van der Waals surface area contributed by atoms with Crippen LogP contribution in [0.25, 0.3) is 0 Å². The van der Waals surface area contributed by atoms with Crippen LogP contribution >= 0.6 is 11.8 Å². The molecule has 2 N–H and O–H groups in total. The Labute approximate surface area is 194 Å². The molecule has 0 aliphatic carbocycles. The molecule has 0 spiro atoms. The first kappa shape index (κ1) is 22.9. The number of nitrogen functional groups attached to an aromatic ring is 1. The van der Waals surface area contributed by atoms with Crippen molar-refractivity contribution in [3.63, 3.8) is 0 Å². The molecule has 1 aliphatic rings. The number of nitrogens with two attached hydrogens (primary N) is 1. The summed E-state index contributed by atoms with van der Waals surface area (Å²) in [5.74, 6) is 1.44. The van der Waals surface area contributed by atoms with Crippen LogP contribution in [0.15, 0.2) is 37.6 Å². The molecule has 12 heteroatoms. The molecule has 11 nitrogen and oxygen atoms in total. The lowest BCUT2D eigenvalue weighted by Gasteiger charge is -2.31. The zero-order chi connectivity index (χ0) is 23.7. The van der Waals surface area contributed by atoms with Gasteiger partial charge in [0, 0.05) is 27.2 Å². The first-order chi connectivity index (χ1) is 15.8. The van der Waals surface area contributed by atoms with E-state index in [-0.39, 0.29) is 17.1 Å². The van der Waals surface area contributed by atoms with E-state index in [0.717, 1.165) is 46.8 Å². The summed E-state index contributed by atoms with van der Waals surface area (Å²) in [7, 11) is 2.74. The quantitative estimate of drug-likeness (QED) is 0.395. The lowest BCUT2D eigenvalue weighted by atomic mass is 10.00. The van der Waals surface area contributed by atoms with E-state index in [9.17, 15) is 14.4 Å². The standard InChI is InChI=1S/C21H27N7O4S/c1-13-6-8-27(9-7-13)19-23-24-20(28(19)11-14-5-4-10-32-14)33-12-15(29)16-17(22)25(2)21(31)26(3)18(16)30/h4-5,10,13H,6-9,11-12,22H2,1-3H3. The van der Waals surface area contributed by atoms with Gasteiger partial charge in [-0.3, -0.25) is 23.3 Å². The second-order valence-corrected chi connectivity index (χ2v) is 9.24. The Balaban J connectivity index is 1.60. The van der Waals surface area contributed by atoms with Crippen molar-refractivity contribution in [2.75, 3.05) is 29.5 Å². The minimum atomic E-state index is -0.707. The number of hydrogen-bond acceptors (Lipinski definition) is 9. The number of rotatable bonds is 7. The second kappa shape index (κ2) is 9.30. The van der Waals surface area contributed by atoms with Gasteiger partial charge in [-0.2, -0.15) is 0 Å². The summed E-state index contributed by atoms with van der Waals surface area (Å²) in [6, 6.07) is 3.69. The fourth-order valence-corrected chi connectivity index (χ4v) is 4.66. The first-order valence-corrected chi connectivity index (χ1v) is 11.7. The van der Waals surface area contributed by atoms with Gasteiger partial charge >= 0.3 is 5.69 Å². The number of hydrogen-bond donors (Lipinski definition) is 1. The smallest absolute Gasteiger partial charge is 0.332 e. The lowest BCUT2D eigenvalue weighted by molar-refractivity contribution is 0.102. The highest BCUT2D eigenvalue weighted by Gasteiger charge is 2.25. The molecule has 3 aromatic rings. The highest BCUT2D eigenvalue weighted by Crippen LogP contribution is 2.27. The molecule has 1 aliphatic heterocycles. The Bertz CT molecular complexity index is 1270. The minimum Gasteiger partial charge on any atom is -0.467 e. The third kappa shape index (κ3) is 4.47. The summed E-state index contributed by atoms with van der Waals surface area (Å²) in [4.78, 5) is 39.7. The van der Waals surface area contributed by atoms with E-state index in [2.05, 4.69) is 22.0 Å². The summed E-state index contributed by atoms with van der Waals surface area (Å²) in [5.41, 5.74) is 4.43. The third-order valence-electron chi connectivity index (χ3n) is 5.98. The van der Waals surface area contributed by atoms with Gasteiger partial charge in [-0.05, 0) is 30.9 Å². The fourth-order valence-electron chi connectivity index (χ4n) is 3.85. The first-order valence-electron chi connectivity index (χ1n) is 10.7. The van der Waals surface area contributed by atoms with Crippen LogP contribution in [-0.4, -0.2) is 48.5 Å². The maximum Gasteiger partial charge on any atom is 0.332 e. The molecular weight excluding hydrogens is 446 g/mol. The number of carbonyl (C=O) groups excluding carboxylic acids is 1. The van der Waals surface area contributed by atoms with Gasteiger partial charge in [-0.25, -0.2) is 4.79 Å². The van der Waals surface area contributed by atoms with E-state index in [1.807, 2.05) is 16.7 Å². The molecule has 0 amide bonds. The van der Waals surface area contributed by atoms with Crippen molar-refractivity contribution in [1.82, 2.24) is 23.9 Å². The molecule has 1 saturated heterocycles. The summed E-state index contributed by atoms with van der Waals surface area (Å²) < 4.78 is 9.42. The molecule has 0 unspecified atom stereocenters. The van der Waals surface area contributed by atoms with E-state index in [0.29, 0.717) is 17.6 Å². The number of anilines is 2. The Morgan fingerprint density at radius 1 is 1.21 bits per heavy atom. The molecule has 33 heavy (non-hydrogen) atoms. The van der Waals surface area contributed by atoms with Gasteiger partial charge in [0.1, 0.15) is 17.1 Å². The summed E-state index contributed by atoms with van der Waals surface area (Å²) in [6.07, 6.45) is 3.75. The summed E-state index contributed by atoms with van der Waals surface area (Å²) in [6.45, 7) is 4.42. The zero-order valence-electron chi connectivity index (χ0n) is 18.9. The molecule has 0 bridgehead atoms. The SMILES string of the molecule is CC1CCN(c2nnc(SCC(=O)c3c(N)n(C)c(=O)n(C)c3=O)n2Cc2ccco2)CC1. The lowest BCUT2D eigenvalue weighted by Crippen LogP contribution is -2.41. The highest BCUT2D eigenvalue weighted by atomic mass is 32.2. The number of furan rings is 1. The highest BCUT2D eigenvalue weighted by molar-refractivity contribution is 7.99. The van der Waals surface area contributed by atoms with Crippen LogP contribution in [0.1, 0.15) is 35.9 Å². The van der Waals surface area contributed by atoms with Crippen molar-refractivity contribution >= 4 is 29.3 Å². The van der Waals surface area contributed by atoms with Crippen molar-refractivity contribution in [1.29, 1.82) is 0 Å². The van der Waals surface area contributed by atoms with Crippen molar-refractivity contribution < 1.29 is 9.21 Å². The Hall–Kier alpha value is -3.28. The van der Waals surface area contributed by atoms with Gasteiger partial charge in [0.25, 0.3) is 5.56 Å². The van der Waals surface area contributed by atoms with Crippen LogP contribution in [0.2, 0.25) is 0 Å². The third-order valence-corrected chi connectivity index (χ3v) is 6.95. The average molecular weight is 474 g/mol. The van der Waals surface area contributed by atoms with Crippen molar-refractivity contribution in [3.8, 4) is 0 Å². The molecule has 176 valence electrons. The molecule has 0 saturated carbocycles. The molecule has 0 atom stereocenters. The normalized spacial score (nSPS) is 14.7. The van der Waals surface area contributed by atoms with E-state index in [4.69, 9.17) is 10.2 Å². The number of aromatic nitrogens is 5. The van der Waals surface area contributed by atoms with Crippen LogP contribution in [0, 0.1) is 5.92 Å². The number of Topliss-reactive ketones (excluding diaryl/α,β-unsaturated/α-hetero) is 1. The number of piperidine rings is 1. The number of thioether (sulfide) groups is 1. The van der Waals surface area contributed by atoms with Crippen LogP contribution in [0.4, 0.5) is 11.8 Å². The molecule has 0 radical (unpaired) electrons. The van der Waals surface area contributed by atoms with Crippen molar-refractivity contribution in [2.45, 2.75) is 31.5 Å². The van der Waals surface area contributed by atoms with Gasteiger partial charge < -0.3 is 15.1 Å². The van der Waals surface area contributed by atoms with Gasteiger partial charge in [-0.15, -0.1) is 10.2 Å². The van der Waals surface area contributed by atoms with Gasteiger partial charge in [0.2, 0.25) is 5.95 Å². The second-order valence-electron chi connectivity index (χ2n) is 8.30. The minimum absolute atomic E-state index is 0.0784. The predicted octanol–water partition coefficient (Wildman–Crippen LogP) is 1.11. The number of nitrogens with zero attached hydrogens (tertiary/aromatic N) is 6. The van der Waals surface area contributed by atoms with Crippen LogP contribution < -0.4 is 21.9 Å². The number of carbonyl (C=O) groups is 1. The molecular formula is C21H27N7O4S. The Kier molecular flexibility index (Phi) is 6.45. The predicted molar refractivity (Wildman–Crippen MR) is 125 cm³/mol. The van der Waals surface area contributed by atoms with Gasteiger partial charge in [0.05, 0.1) is 18.6 Å². The molecule has 4 rings (SSSR count). The molecule has 3 aromatic heterocycles. The maximum atomic E-state index is 12.9. The molecule has 4 heterocycles. The van der Waals surface area contributed by atoms with Gasteiger partial charge in [0.15, 0.2) is 10.9 Å². The van der Waals surface area contributed by atoms with Crippen LogP contribution in [0.3, 0.4) is 0 Å². The topological polar surface area (TPSA) is 134 Å². The van der Waals surface area contributed by atoms with E-state index in [1.165, 1.54) is 25.9 Å². The van der Waals surface area contributed by atoms with Crippen LogP contribution in [0.5, 0.6) is 0 Å². The van der Waals surface area contributed by atoms with E-state index in [1.54, 1.807) is 6.26 Å². The fraction of sp³-hybridized carbons (Fsp3) is 0.476. The van der Waals surface area contributed by atoms with E-state index >= 15 is 0 Å². The zero-order valence-corrected chi connectivity index (χ0v) is 19.7. The van der Waals surface area contributed by atoms with Crippen molar-refractivity contribution in [3.05, 3.63) is 50.6 Å². The average Bonchev–Trinajstić information content (AvgIpc) is 3.46. The number of ketones is 1. The van der Waals surface area contributed by atoms with E-state index < -0.39 is 17.0 Å². The maximum absolute atomic E-state index is 12.9.